The lowest BCUT2D eigenvalue weighted by molar-refractivity contribution is -0.115. The number of benzene rings is 1. The molecule has 20 heavy (non-hydrogen) atoms. The summed E-state index contributed by atoms with van der Waals surface area (Å²) in [5.41, 5.74) is 1.26. The van der Waals surface area contributed by atoms with E-state index in [-0.39, 0.29) is 5.91 Å². The van der Waals surface area contributed by atoms with Crippen LogP contribution in [0.1, 0.15) is 12.0 Å². The van der Waals surface area contributed by atoms with Crippen LogP contribution < -0.4 is 5.32 Å². The first kappa shape index (κ1) is 14.1. The third-order valence-corrected chi connectivity index (χ3v) is 3.56. The third-order valence-electron chi connectivity index (χ3n) is 2.53. The monoisotopic (exact) mass is 287 g/mol. The predicted octanol–water partition coefficient (Wildman–Crippen LogP) is 1.81. The van der Waals surface area contributed by atoms with Crippen LogP contribution in [0.3, 0.4) is 0 Å². The highest BCUT2D eigenvalue weighted by molar-refractivity contribution is 7.99. The molecule has 0 aliphatic carbocycles. The Morgan fingerprint density at radius 1 is 1.45 bits per heavy atom. The SMILES string of the molecule is Cn1ncnc1SCCC(=O)Nc1ccc(C#N)cc1. The minimum absolute atomic E-state index is 0.0654. The summed E-state index contributed by atoms with van der Waals surface area (Å²) in [5, 5.41) is 16.2. The maximum Gasteiger partial charge on any atom is 0.225 e. The van der Waals surface area contributed by atoms with Gasteiger partial charge in [-0.15, -0.1) is 0 Å². The van der Waals surface area contributed by atoms with Gasteiger partial charge in [0.05, 0.1) is 11.6 Å². The normalized spacial score (nSPS) is 10.0. The molecule has 2 rings (SSSR count). The number of hydrogen-bond acceptors (Lipinski definition) is 5. The topological polar surface area (TPSA) is 83.6 Å². The van der Waals surface area contributed by atoms with E-state index in [4.69, 9.17) is 5.26 Å². The van der Waals surface area contributed by atoms with Gasteiger partial charge in [-0.1, -0.05) is 11.8 Å². The predicted molar refractivity (Wildman–Crippen MR) is 76.1 cm³/mol. The number of hydrogen-bond donors (Lipinski definition) is 1. The van der Waals surface area contributed by atoms with E-state index >= 15 is 0 Å². The van der Waals surface area contributed by atoms with E-state index in [1.807, 2.05) is 13.1 Å². The lowest BCUT2D eigenvalue weighted by Crippen LogP contribution is -2.12. The van der Waals surface area contributed by atoms with Gasteiger partial charge in [0.15, 0.2) is 5.16 Å². The highest BCUT2D eigenvalue weighted by Gasteiger charge is 2.05. The zero-order chi connectivity index (χ0) is 14.4. The first-order valence-corrected chi connectivity index (χ1v) is 6.94. The molecule has 1 amide bonds. The van der Waals surface area contributed by atoms with Gasteiger partial charge in [-0.3, -0.25) is 4.79 Å². The Bertz CT molecular complexity index is 629. The zero-order valence-electron chi connectivity index (χ0n) is 10.9. The number of nitrogens with zero attached hydrogens (tertiary/aromatic N) is 4. The summed E-state index contributed by atoms with van der Waals surface area (Å²) in [7, 11) is 1.81. The van der Waals surface area contributed by atoms with Crippen molar-refractivity contribution in [3.8, 4) is 6.07 Å². The van der Waals surface area contributed by atoms with Gasteiger partial charge < -0.3 is 5.32 Å². The second-order valence-corrected chi connectivity index (χ2v) is 5.06. The average Bonchev–Trinajstić information content (AvgIpc) is 2.85. The van der Waals surface area contributed by atoms with Crippen LogP contribution >= 0.6 is 11.8 Å². The van der Waals surface area contributed by atoms with E-state index in [9.17, 15) is 4.79 Å². The molecule has 0 aliphatic heterocycles. The van der Waals surface area contributed by atoms with Crippen molar-refractivity contribution in [2.45, 2.75) is 11.6 Å². The number of amides is 1. The lowest BCUT2D eigenvalue weighted by atomic mass is 10.2. The molecule has 1 heterocycles. The number of carbonyl (C=O) groups is 1. The molecule has 1 aromatic carbocycles. The minimum atomic E-state index is -0.0654. The van der Waals surface area contributed by atoms with Crippen LogP contribution in [0, 0.1) is 11.3 Å². The molecule has 6 nitrogen and oxygen atoms in total. The van der Waals surface area contributed by atoms with E-state index in [2.05, 4.69) is 15.4 Å². The minimum Gasteiger partial charge on any atom is -0.326 e. The van der Waals surface area contributed by atoms with Gasteiger partial charge in [-0.05, 0) is 24.3 Å². The first-order valence-electron chi connectivity index (χ1n) is 5.96. The highest BCUT2D eigenvalue weighted by atomic mass is 32.2. The Morgan fingerprint density at radius 2 is 2.20 bits per heavy atom. The van der Waals surface area contributed by atoms with Crippen LogP contribution in [-0.2, 0) is 11.8 Å². The molecule has 1 N–H and O–H groups in total. The van der Waals surface area contributed by atoms with Gasteiger partial charge in [-0.25, -0.2) is 9.67 Å². The number of nitrogens with one attached hydrogen (secondary N) is 1. The molecule has 0 atom stereocenters. The molecule has 0 fully saturated rings. The number of rotatable bonds is 5. The molecule has 1 aromatic heterocycles. The van der Waals surface area contributed by atoms with Crippen molar-refractivity contribution >= 4 is 23.4 Å². The average molecular weight is 287 g/mol. The second-order valence-electron chi connectivity index (χ2n) is 4.00. The Labute approximate surface area is 120 Å². The van der Waals surface area contributed by atoms with E-state index in [1.165, 1.54) is 18.1 Å². The van der Waals surface area contributed by atoms with Gasteiger partial charge in [0.1, 0.15) is 6.33 Å². The number of anilines is 1. The first-order chi connectivity index (χ1) is 9.69. The van der Waals surface area contributed by atoms with Crippen molar-refractivity contribution in [3.05, 3.63) is 36.2 Å². The molecular weight excluding hydrogens is 274 g/mol. The fourth-order valence-electron chi connectivity index (χ4n) is 1.50. The van der Waals surface area contributed by atoms with Crippen LogP contribution in [0.5, 0.6) is 0 Å². The van der Waals surface area contributed by atoms with E-state index in [0.717, 1.165) is 5.16 Å². The van der Waals surface area contributed by atoms with Gasteiger partial charge in [-0.2, -0.15) is 10.4 Å². The van der Waals surface area contributed by atoms with Crippen molar-refractivity contribution in [1.82, 2.24) is 14.8 Å². The van der Waals surface area contributed by atoms with Crippen molar-refractivity contribution in [2.75, 3.05) is 11.1 Å². The fourth-order valence-corrected chi connectivity index (χ4v) is 2.33. The molecular formula is C13H13N5OS. The summed E-state index contributed by atoms with van der Waals surface area (Å²) in [6.07, 6.45) is 1.87. The molecule has 0 saturated carbocycles. The fraction of sp³-hybridized carbons (Fsp3) is 0.231. The van der Waals surface area contributed by atoms with Gasteiger partial charge >= 0.3 is 0 Å². The molecule has 0 bridgehead atoms. The van der Waals surface area contributed by atoms with Gasteiger partial charge in [0, 0.05) is 24.9 Å². The standard InChI is InChI=1S/C13H13N5OS/c1-18-13(15-9-16-18)20-7-6-12(19)17-11-4-2-10(8-14)3-5-11/h2-5,9H,6-7H2,1H3,(H,17,19). The number of nitriles is 1. The largest absolute Gasteiger partial charge is 0.326 e. The van der Waals surface area contributed by atoms with Crippen LogP contribution in [0.25, 0.3) is 0 Å². The van der Waals surface area contributed by atoms with E-state index < -0.39 is 0 Å². The van der Waals surface area contributed by atoms with Crippen LogP contribution in [0.2, 0.25) is 0 Å². The zero-order valence-corrected chi connectivity index (χ0v) is 11.7. The van der Waals surface area contributed by atoms with E-state index in [0.29, 0.717) is 23.4 Å². The van der Waals surface area contributed by atoms with Crippen LogP contribution in [-0.4, -0.2) is 26.4 Å². The maximum atomic E-state index is 11.7. The third kappa shape index (κ3) is 3.83. The van der Waals surface area contributed by atoms with Crippen molar-refractivity contribution in [2.24, 2.45) is 7.05 Å². The maximum absolute atomic E-state index is 11.7. The number of aromatic nitrogens is 3. The number of carbonyl (C=O) groups excluding carboxylic acids is 1. The lowest BCUT2D eigenvalue weighted by Gasteiger charge is -2.04. The van der Waals surface area contributed by atoms with E-state index in [1.54, 1.807) is 28.9 Å². The van der Waals surface area contributed by atoms with Gasteiger partial charge in [0.25, 0.3) is 0 Å². The molecule has 0 aliphatic rings. The summed E-state index contributed by atoms with van der Waals surface area (Å²) in [5.74, 6) is 0.568. The van der Waals surface area contributed by atoms with Gasteiger partial charge in [0.2, 0.25) is 5.91 Å². The smallest absolute Gasteiger partial charge is 0.225 e. The van der Waals surface area contributed by atoms with Crippen molar-refractivity contribution in [3.63, 3.8) is 0 Å². The second kappa shape index (κ2) is 6.73. The molecule has 102 valence electrons. The Hall–Kier alpha value is -2.33. The molecule has 0 saturated heterocycles. The van der Waals surface area contributed by atoms with Crippen LogP contribution in [0.15, 0.2) is 35.7 Å². The van der Waals surface area contributed by atoms with Crippen LogP contribution in [0.4, 0.5) is 5.69 Å². The van der Waals surface area contributed by atoms with Crippen molar-refractivity contribution in [1.29, 1.82) is 5.26 Å². The Balaban J connectivity index is 1.78. The molecule has 7 heteroatoms. The number of aryl methyl sites for hydroxylation is 1. The Morgan fingerprint density at radius 3 is 2.80 bits per heavy atom. The molecule has 0 unspecified atom stereocenters. The molecule has 2 aromatic rings. The summed E-state index contributed by atoms with van der Waals surface area (Å²) >= 11 is 1.48. The summed E-state index contributed by atoms with van der Waals surface area (Å²) < 4.78 is 1.67. The molecule has 0 radical (unpaired) electrons. The number of thioether (sulfide) groups is 1. The van der Waals surface area contributed by atoms with Crippen molar-refractivity contribution < 1.29 is 4.79 Å². The quantitative estimate of drug-likeness (QED) is 0.848. The summed E-state index contributed by atoms with van der Waals surface area (Å²) in [6.45, 7) is 0. The summed E-state index contributed by atoms with van der Waals surface area (Å²) in [4.78, 5) is 15.8. The molecule has 0 spiro atoms. The Kier molecular flexibility index (Phi) is 4.74. The summed E-state index contributed by atoms with van der Waals surface area (Å²) in [6, 6.07) is 8.80. The highest BCUT2D eigenvalue weighted by Crippen LogP contribution is 2.15.